The Hall–Kier alpha value is -0.831. The predicted molar refractivity (Wildman–Crippen MR) is 67.5 cm³/mol. The number of methoxy groups -OCH3 is 1. The molecule has 2 rings (SSSR count). The zero-order valence-electron chi connectivity index (χ0n) is 9.62. The van der Waals surface area contributed by atoms with Crippen molar-refractivity contribution in [3.05, 3.63) is 22.6 Å². The molecule has 0 aliphatic heterocycles. The van der Waals surface area contributed by atoms with Gasteiger partial charge in [0.25, 0.3) is 0 Å². The quantitative estimate of drug-likeness (QED) is 0.666. The number of ether oxygens (including phenoxy) is 1. The molecule has 2 aromatic rings. The number of likely N-dealkylation sites (N-methyl/N-ethyl adjacent to an activating group) is 1. The first-order valence-electron chi connectivity index (χ1n) is 5.47. The molecule has 4 heteroatoms. The predicted octanol–water partition coefficient (Wildman–Crippen LogP) is 1.45. The molecule has 0 aliphatic rings. The van der Waals surface area contributed by atoms with Crippen molar-refractivity contribution in [2.75, 3.05) is 20.2 Å². The Labute approximate surface area is 102 Å². The fraction of sp³-hybridized carbons (Fsp3) is 0.417. The second-order valence-electron chi connectivity index (χ2n) is 3.57. The van der Waals surface area contributed by atoms with Crippen LogP contribution in [0.2, 0.25) is 0 Å². The molecule has 1 N–H and O–H groups in total. The zero-order chi connectivity index (χ0) is 11.4. The van der Waals surface area contributed by atoms with Crippen molar-refractivity contribution in [1.82, 2.24) is 10.3 Å². The summed E-state index contributed by atoms with van der Waals surface area (Å²) < 4.78 is 6.34. The van der Waals surface area contributed by atoms with E-state index in [1.807, 2.05) is 6.07 Å². The van der Waals surface area contributed by atoms with Gasteiger partial charge in [-0.3, -0.25) is 0 Å². The molecule has 0 spiro atoms. The number of nitrogens with zero attached hydrogens (tertiary/aromatic N) is 1. The van der Waals surface area contributed by atoms with Gasteiger partial charge >= 0.3 is 101 Å². The van der Waals surface area contributed by atoms with Crippen LogP contribution in [0.5, 0.6) is 5.88 Å². The summed E-state index contributed by atoms with van der Waals surface area (Å²) in [7, 11) is 1.66. The van der Waals surface area contributed by atoms with Crippen LogP contribution in [-0.2, 0) is 6.42 Å². The van der Waals surface area contributed by atoms with Crippen LogP contribution in [0.1, 0.15) is 12.5 Å². The second-order valence-corrected chi connectivity index (χ2v) is 5.37. The van der Waals surface area contributed by atoms with Crippen molar-refractivity contribution < 1.29 is 4.74 Å². The van der Waals surface area contributed by atoms with Crippen molar-refractivity contribution in [2.24, 2.45) is 0 Å². The normalized spacial score (nSPS) is 10.9. The first kappa shape index (κ1) is 11.6. The van der Waals surface area contributed by atoms with Crippen molar-refractivity contribution in [1.29, 1.82) is 0 Å². The summed E-state index contributed by atoms with van der Waals surface area (Å²) in [4.78, 5) is 6.82. The van der Waals surface area contributed by atoms with Crippen LogP contribution in [0.15, 0.2) is 17.1 Å². The molecule has 0 radical (unpaired) electrons. The topological polar surface area (TPSA) is 34.2 Å². The van der Waals surface area contributed by atoms with Crippen LogP contribution in [0.4, 0.5) is 0 Å². The van der Waals surface area contributed by atoms with Crippen molar-refractivity contribution in [2.45, 2.75) is 13.3 Å². The van der Waals surface area contributed by atoms with Gasteiger partial charge in [-0.25, -0.2) is 0 Å². The van der Waals surface area contributed by atoms with Gasteiger partial charge in [0.05, 0.1) is 0 Å². The Morgan fingerprint density at radius 1 is 1.44 bits per heavy atom. The van der Waals surface area contributed by atoms with E-state index >= 15 is 0 Å². The van der Waals surface area contributed by atoms with E-state index in [1.165, 1.54) is 15.3 Å². The molecule has 0 amide bonds. The summed E-state index contributed by atoms with van der Waals surface area (Å²) in [6.07, 6.45) is 1.09. The van der Waals surface area contributed by atoms with Gasteiger partial charge < -0.3 is 0 Å². The van der Waals surface area contributed by atoms with Gasteiger partial charge in [0.2, 0.25) is 0 Å². The van der Waals surface area contributed by atoms with Gasteiger partial charge in [0.15, 0.2) is 0 Å². The number of pyridine rings is 1. The zero-order valence-corrected chi connectivity index (χ0v) is 11.3. The number of rotatable bonds is 5. The van der Waals surface area contributed by atoms with Gasteiger partial charge in [-0.05, 0) is 0 Å². The van der Waals surface area contributed by atoms with Crippen LogP contribution in [0, 0.1) is 0 Å². The number of hydrogen-bond acceptors (Lipinski definition) is 3. The maximum atomic E-state index is 5.14. The molecule has 0 fully saturated rings. The molecule has 0 bridgehead atoms. The minimum atomic E-state index is 0.380. The third-order valence-corrected chi connectivity index (χ3v) is 4.49. The molecule has 3 nitrogen and oxygen atoms in total. The van der Waals surface area contributed by atoms with Gasteiger partial charge in [-0.1, -0.05) is 0 Å². The number of aromatic nitrogens is 1. The average Bonchev–Trinajstić information content (AvgIpc) is 2.72. The van der Waals surface area contributed by atoms with Crippen LogP contribution >= 0.6 is 0 Å². The Kier molecular flexibility index (Phi) is 3.99. The maximum absolute atomic E-state index is 5.14. The fourth-order valence-electron chi connectivity index (χ4n) is 1.66. The molecular weight excluding hydrogens is 267 g/mol. The Balaban J connectivity index is 2.20. The summed E-state index contributed by atoms with van der Waals surface area (Å²) in [5, 5.41) is 4.67. The minimum absolute atomic E-state index is 0.380. The molecule has 0 saturated heterocycles. The molecule has 2 aromatic heterocycles. The molecule has 0 unspecified atom stereocenters. The molecular formula is C12H16N2OSe. The standard InChI is InChI=1S/C12H16N2OSe/c1-3-13-7-6-9-8-16-12-10(9)4-5-11(14-12)15-2/h4-5,8,13H,3,6-7H2,1-2H3. The molecule has 2 heterocycles. The summed E-state index contributed by atoms with van der Waals surface area (Å²) >= 11 is 0.380. The Morgan fingerprint density at radius 3 is 3.06 bits per heavy atom. The van der Waals surface area contributed by atoms with E-state index in [1.54, 1.807) is 7.11 Å². The molecule has 0 atom stereocenters. The van der Waals surface area contributed by atoms with Crippen LogP contribution < -0.4 is 10.1 Å². The van der Waals surface area contributed by atoms with Gasteiger partial charge in [-0.2, -0.15) is 0 Å². The Bertz CT molecular complexity index is 467. The van der Waals surface area contributed by atoms with Gasteiger partial charge in [0.1, 0.15) is 0 Å². The van der Waals surface area contributed by atoms with Crippen molar-refractivity contribution >= 4 is 24.3 Å². The molecule has 0 aliphatic carbocycles. The van der Waals surface area contributed by atoms with E-state index < -0.39 is 0 Å². The first-order valence-corrected chi connectivity index (χ1v) is 7.31. The van der Waals surface area contributed by atoms with Crippen molar-refractivity contribution in [3.8, 4) is 5.88 Å². The number of nitrogens with one attached hydrogen (secondary N) is 1. The third-order valence-electron chi connectivity index (χ3n) is 2.52. The number of fused-ring (bicyclic) bond motifs is 1. The average molecular weight is 283 g/mol. The van der Waals surface area contributed by atoms with Crippen LogP contribution in [0.25, 0.3) is 9.78 Å². The molecule has 86 valence electrons. The van der Waals surface area contributed by atoms with Crippen LogP contribution in [0.3, 0.4) is 0 Å². The summed E-state index contributed by atoms with van der Waals surface area (Å²) in [5.74, 6) is 0.724. The van der Waals surface area contributed by atoms with Crippen LogP contribution in [-0.4, -0.2) is 39.7 Å². The summed E-state index contributed by atoms with van der Waals surface area (Å²) in [6, 6.07) is 4.08. The van der Waals surface area contributed by atoms with Crippen molar-refractivity contribution in [3.63, 3.8) is 0 Å². The number of hydrogen-bond donors (Lipinski definition) is 1. The fourth-order valence-corrected chi connectivity index (χ4v) is 3.69. The van der Waals surface area contributed by atoms with E-state index in [-0.39, 0.29) is 0 Å². The van der Waals surface area contributed by atoms with Gasteiger partial charge in [-0.15, -0.1) is 0 Å². The molecule has 0 aromatic carbocycles. The summed E-state index contributed by atoms with van der Waals surface area (Å²) in [6.45, 7) is 4.21. The molecule has 0 saturated carbocycles. The van der Waals surface area contributed by atoms with E-state index in [0.717, 1.165) is 25.4 Å². The Morgan fingerprint density at radius 2 is 2.31 bits per heavy atom. The monoisotopic (exact) mass is 284 g/mol. The van der Waals surface area contributed by atoms with Gasteiger partial charge in [0, 0.05) is 0 Å². The van der Waals surface area contributed by atoms with E-state index in [0.29, 0.717) is 14.5 Å². The first-order chi connectivity index (χ1) is 7.85. The SMILES string of the molecule is CCNCCc1c[se]c2nc(OC)ccc12. The van der Waals surface area contributed by atoms with E-state index in [9.17, 15) is 0 Å². The molecule has 16 heavy (non-hydrogen) atoms. The van der Waals surface area contributed by atoms with E-state index in [4.69, 9.17) is 4.74 Å². The third kappa shape index (κ3) is 2.46. The second kappa shape index (κ2) is 5.48. The summed E-state index contributed by atoms with van der Waals surface area (Å²) in [5.41, 5.74) is 1.44. The van der Waals surface area contributed by atoms with E-state index in [2.05, 4.69) is 28.2 Å².